The minimum absolute atomic E-state index is 0.000563. The second-order valence-electron chi connectivity index (χ2n) is 7.90. The molecule has 0 atom stereocenters. The molecular weight excluding hydrogens is 520 g/mol. The van der Waals surface area contributed by atoms with Gasteiger partial charge in [-0.15, -0.1) is 11.3 Å². The van der Waals surface area contributed by atoms with E-state index in [4.69, 9.17) is 16.6 Å². The minimum Gasteiger partial charge on any atom is -0.450 e. The quantitative estimate of drug-likeness (QED) is 0.118. The van der Waals surface area contributed by atoms with Crippen LogP contribution in [0.2, 0.25) is 0 Å². The van der Waals surface area contributed by atoms with Gasteiger partial charge >= 0.3 is 0 Å². The Morgan fingerprint density at radius 2 is 1.97 bits per heavy atom. The van der Waals surface area contributed by atoms with Crippen LogP contribution < -0.4 is 10.2 Å². The summed E-state index contributed by atoms with van der Waals surface area (Å²) in [6.07, 6.45) is 1.38. The molecule has 4 aromatic rings. The van der Waals surface area contributed by atoms with E-state index in [1.165, 1.54) is 46.2 Å². The molecule has 2 aromatic carbocycles. The van der Waals surface area contributed by atoms with Crippen molar-refractivity contribution in [3.8, 4) is 0 Å². The van der Waals surface area contributed by atoms with Gasteiger partial charge in [-0.3, -0.25) is 29.9 Å². The molecule has 0 bridgehead atoms. The first-order valence-corrected chi connectivity index (χ1v) is 12.5. The number of hydrogen-bond donors (Lipinski definition) is 1. The van der Waals surface area contributed by atoms with E-state index in [1.54, 1.807) is 24.3 Å². The van der Waals surface area contributed by atoms with Gasteiger partial charge in [-0.1, -0.05) is 17.7 Å². The van der Waals surface area contributed by atoms with Crippen molar-refractivity contribution in [1.82, 2.24) is 10.3 Å². The van der Waals surface area contributed by atoms with E-state index in [9.17, 15) is 19.7 Å². The molecule has 12 heteroatoms. The summed E-state index contributed by atoms with van der Waals surface area (Å²) in [5.74, 6) is -0.848. The molecule has 0 spiro atoms. The molecule has 0 unspecified atom stereocenters. The van der Waals surface area contributed by atoms with Gasteiger partial charge in [-0.05, 0) is 73.7 Å². The van der Waals surface area contributed by atoms with Crippen LogP contribution in [-0.2, 0) is 9.59 Å². The third-order valence-corrected chi connectivity index (χ3v) is 7.62. The number of nitrogens with one attached hydrogen (secondary N) is 1. The summed E-state index contributed by atoms with van der Waals surface area (Å²) in [4.78, 5) is 42.2. The second-order valence-corrected chi connectivity index (χ2v) is 10.6. The highest BCUT2D eigenvalue weighted by molar-refractivity contribution is 8.01. The average Bonchev–Trinajstić information content (AvgIpc) is 3.43. The molecule has 3 heterocycles. The second kappa shape index (κ2) is 9.30. The zero-order valence-electron chi connectivity index (χ0n) is 18.8. The summed E-state index contributed by atoms with van der Waals surface area (Å²) < 4.78 is 7.14. The standard InChI is InChI=1S/C24H16N4O5S3/c1-12-3-7-18(13(2)9-12)27-22(30)16(21(29)26-23(27)34)11-15-5-8-20(33-15)36-24-25-17-6-4-14(28(31)32)10-19(17)35-24/h3-11H,1-2H3,(H,26,29,34)/b16-11+. The molecule has 9 nitrogen and oxygen atoms in total. The number of anilines is 1. The molecule has 180 valence electrons. The Morgan fingerprint density at radius 3 is 2.72 bits per heavy atom. The zero-order chi connectivity index (χ0) is 25.6. The molecule has 0 saturated carbocycles. The summed E-state index contributed by atoms with van der Waals surface area (Å²) in [5.41, 5.74) is 3.01. The number of nitro benzene ring substituents is 1. The number of carbonyl (C=O) groups is 2. The number of nitrogens with zero attached hydrogens (tertiary/aromatic N) is 3. The van der Waals surface area contributed by atoms with Crippen molar-refractivity contribution in [1.29, 1.82) is 0 Å². The fourth-order valence-electron chi connectivity index (χ4n) is 3.68. The number of amides is 2. The fourth-order valence-corrected chi connectivity index (χ4v) is 5.95. The molecule has 1 aliphatic heterocycles. The molecular formula is C24H16N4O5S3. The lowest BCUT2D eigenvalue weighted by molar-refractivity contribution is -0.384. The summed E-state index contributed by atoms with van der Waals surface area (Å²) in [5, 5.41) is 14.1. The molecule has 5 rings (SSSR count). The molecule has 0 radical (unpaired) electrons. The lowest BCUT2D eigenvalue weighted by Crippen LogP contribution is -2.54. The third-order valence-electron chi connectivity index (χ3n) is 5.33. The Morgan fingerprint density at radius 1 is 1.17 bits per heavy atom. The lowest BCUT2D eigenvalue weighted by atomic mass is 10.1. The van der Waals surface area contributed by atoms with Gasteiger partial charge in [0.1, 0.15) is 11.3 Å². The first-order chi connectivity index (χ1) is 17.2. The predicted octanol–water partition coefficient (Wildman–Crippen LogP) is 5.40. The first-order valence-electron chi connectivity index (χ1n) is 10.5. The normalized spacial score (nSPS) is 15.1. The van der Waals surface area contributed by atoms with Gasteiger partial charge in [-0.2, -0.15) is 0 Å². The predicted molar refractivity (Wildman–Crippen MR) is 141 cm³/mol. The summed E-state index contributed by atoms with van der Waals surface area (Å²) in [7, 11) is 0. The van der Waals surface area contributed by atoms with Crippen molar-refractivity contribution in [2.45, 2.75) is 23.3 Å². The number of aromatic nitrogens is 1. The van der Waals surface area contributed by atoms with E-state index in [0.717, 1.165) is 11.1 Å². The van der Waals surface area contributed by atoms with Gasteiger partial charge < -0.3 is 4.42 Å². The molecule has 1 aliphatic rings. The highest BCUT2D eigenvalue weighted by Gasteiger charge is 2.35. The Labute approximate surface area is 218 Å². The number of thiocarbonyl (C=S) groups is 1. The molecule has 2 amide bonds. The van der Waals surface area contributed by atoms with E-state index in [1.807, 2.05) is 26.0 Å². The Bertz CT molecular complexity index is 1620. The minimum atomic E-state index is -0.607. The van der Waals surface area contributed by atoms with Crippen LogP contribution in [0.1, 0.15) is 16.9 Å². The number of aryl methyl sites for hydroxylation is 2. The number of hydrogen-bond acceptors (Lipinski definition) is 9. The number of furan rings is 1. The van der Waals surface area contributed by atoms with Crippen molar-refractivity contribution in [3.63, 3.8) is 0 Å². The van der Waals surface area contributed by atoms with Crippen LogP contribution >= 0.6 is 35.3 Å². The van der Waals surface area contributed by atoms with E-state index in [2.05, 4.69) is 10.3 Å². The molecule has 0 aliphatic carbocycles. The highest BCUT2D eigenvalue weighted by atomic mass is 32.2. The van der Waals surface area contributed by atoms with Crippen molar-refractivity contribution >= 4 is 79.9 Å². The van der Waals surface area contributed by atoms with Gasteiger partial charge in [0.2, 0.25) is 0 Å². The Balaban J connectivity index is 1.40. The van der Waals surface area contributed by atoms with Crippen molar-refractivity contribution < 1.29 is 18.9 Å². The average molecular weight is 537 g/mol. The van der Waals surface area contributed by atoms with Crippen molar-refractivity contribution in [2.24, 2.45) is 0 Å². The molecule has 36 heavy (non-hydrogen) atoms. The highest BCUT2D eigenvalue weighted by Crippen LogP contribution is 2.37. The van der Waals surface area contributed by atoms with Gasteiger partial charge in [-0.25, -0.2) is 4.98 Å². The number of fused-ring (bicyclic) bond motifs is 1. The van der Waals surface area contributed by atoms with Crippen LogP contribution in [0.3, 0.4) is 0 Å². The number of rotatable bonds is 5. The lowest BCUT2D eigenvalue weighted by Gasteiger charge is -2.30. The van der Waals surface area contributed by atoms with E-state index >= 15 is 0 Å². The van der Waals surface area contributed by atoms with E-state index in [-0.39, 0.29) is 16.4 Å². The molecule has 1 N–H and O–H groups in total. The van der Waals surface area contributed by atoms with Crippen LogP contribution in [0.5, 0.6) is 0 Å². The van der Waals surface area contributed by atoms with Crippen LogP contribution in [-0.4, -0.2) is 26.8 Å². The van der Waals surface area contributed by atoms with Crippen LogP contribution in [0.25, 0.3) is 16.3 Å². The van der Waals surface area contributed by atoms with E-state index in [0.29, 0.717) is 31.1 Å². The summed E-state index contributed by atoms with van der Waals surface area (Å²) in [6, 6.07) is 13.4. The maximum atomic E-state index is 13.3. The van der Waals surface area contributed by atoms with Crippen LogP contribution in [0.4, 0.5) is 11.4 Å². The Kier molecular flexibility index (Phi) is 6.16. The smallest absolute Gasteiger partial charge is 0.270 e. The number of carbonyl (C=O) groups excluding carboxylic acids is 2. The Hall–Kier alpha value is -3.87. The van der Waals surface area contributed by atoms with Gasteiger partial charge in [0.25, 0.3) is 17.5 Å². The third kappa shape index (κ3) is 4.53. The number of thiazole rings is 1. The largest absolute Gasteiger partial charge is 0.450 e. The van der Waals surface area contributed by atoms with Crippen molar-refractivity contribution in [2.75, 3.05) is 4.90 Å². The summed E-state index contributed by atoms with van der Waals surface area (Å²) in [6.45, 7) is 3.82. The SMILES string of the molecule is Cc1ccc(N2C(=O)/C(=C/c3ccc(Sc4nc5ccc([N+](=O)[O-])cc5s4)o3)C(=O)NC2=S)c(C)c1. The monoisotopic (exact) mass is 536 g/mol. The molecule has 1 fully saturated rings. The fraction of sp³-hybridized carbons (Fsp3) is 0.0833. The number of benzene rings is 2. The van der Waals surface area contributed by atoms with Crippen LogP contribution in [0.15, 0.2) is 68.0 Å². The number of nitro groups is 1. The van der Waals surface area contributed by atoms with Crippen LogP contribution in [0, 0.1) is 24.0 Å². The molecule has 2 aromatic heterocycles. The number of non-ortho nitro benzene ring substituents is 1. The summed E-state index contributed by atoms with van der Waals surface area (Å²) >= 11 is 7.82. The maximum Gasteiger partial charge on any atom is 0.270 e. The maximum absolute atomic E-state index is 13.3. The van der Waals surface area contributed by atoms with Gasteiger partial charge in [0, 0.05) is 12.1 Å². The first kappa shape index (κ1) is 23.9. The molecule has 1 saturated heterocycles. The van der Waals surface area contributed by atoms with Gasteiger partial charge in [0.15, 0.2) is 14.5 Å². The topological polar surface area (TPSA) is 119 Å². The van der Waals surface area contributed by atoms with Crippen molar-refractivity contribution in [3.05, 3.63) is 81.1 Å². The van der Waals surface area contributed by atoms with Gasteiger partial charge in [0.05, 0.1) is 20.8 Å². The van der Waals surface area contributed by atoms with E-state index < -0.39 is 16.7 Å². The zero-order valence-corrected chi connectivity index (χ0v) is 21.3.